The number of anilines is 1. The van der Waals surface area contributed by atoms with E-state index in [-0.39, 0.29) is 12.2 Å². The van der Waals surface area contributed by atoms with Crippen LogP contribution in [0.2, 0.25) is 0 Å². The van der Waals surface area contributed by atoms with Crippen molar-refractivity contribution in [3.63, 3.8) is 0 Å². The average molecular weight is 337 g/mol. The zero-order valence-electron chi connectivity index (χ0n) is 10.3. The molecule has 0 radical (unpaired) electrons. The van der Waals surface area contributed by atoms with Crippen molar-refractivity contribution in [3.8, 4) is 5.88 Å². The molecule has 2 unspecified atom stereocenters. The molecule has 1 aliphatic rings. The summed E-state index contributed by atoms with van der Waals surface area (Å²) in [4.78, 5) is 10.7. The average Bonchev–Trinajstić information content (AvgIpc) is 2.38. The maximum atomic E-state index is 5.86. The van der Waals surface area contributed by atoms with E-state index in [0.29, 0.717) is 24.3 Å². The van der Waals surface area contributed by atoms with Crippen molar-refractivity contribution >= 4 is 33.5 Å². The molecule has 1 aromatic heterocycles. The summed E-state index contributed by atoms with van der Waals surface area (Å²) in [6, 6.07) is 0. The molecule has 0 amide bonds. The third-order valence-electron chi connectivity index (χ3n) is 2.67. The highest BCUT2D eigenvalue weighted by Crippen LogP contribution is 2.25. The summed E-state index contributed by atoms with van der Waals surface area (Å²) < 4.78 is 11.6. The van der Waals surface area contributed by atoms with E-state index in [1.165, 1.54) is 0 Å². The monoisotopic (exact) mass is 335 g/mol. The number of hydrogen-bond acceptors (Lipinski definition) is 5. The van der Waals surface area contributed by atoms with Crippen molar-refractivity contribution in [2.75, 3.05) is 31.0 Å². The minimum Gasteiger partial charge on any atom is -0.480 e. The molecule has 0 spiro atoms. The van der Waals surface area contributed by atoms with E-state index in [0.717, 1.165) is 11.0 Å². The minimum atomic E-state index is 0.00802. The largest absolute Gasteiger partial charge is 0.480 e. The fraction of sp³-hybridized carbons (Fsp3) is 0.636. The predicted octanol–water partition coefficient (Wildman–Crippen LogP) is 2.08. The van der Waals surface area contributed by atoms with E-state index < -0.39 is 0 Å². The Hall–Kier alpha value is -0.590. The second kappa shape index (κ2) is 6.04. The second-order valence-electron chi connectivity index (χ2n) is 4.16. The fourth-order valence-electron chi connectivity index (χ4n) is 1.93. The SMILES string of the molecule is COc1nc(N2CC(C)OC(CCl)C2)ncc1Br. The van der Waals surface area contributed by atoms with Crippen LogP contribution in [0.4, 0.5) is 5.95 Å². The Bertz CT molecular complexity index is 421. The van der Waals surface area contributed by atoms with Crippen LogP contribution in [0.25, 0.3) is 0 Å². The van der Waals surface area contributed by atoms with Gasteiger partial charge < -0.3 is 14.4 Å². The molecule has 7 heteroatoms. The quantitative estimate of drug-likeness (QED) is 0.791. The Morgan fingerprint density at radius 1 is 1.61 bits per heavy atom. The van der Waals surface area contributed by atoms with Gasteiger partial charge in [0.05, 0.1) is 35.9 Å². The molecule has 0 aliphatic carbocycles. The number of rotatable bonds is 3. The van der Waals surface area contributed by atoms with E-state index >= 15 is 0 Å². The number of morpholine rings is 1. The molecule has 0 saturated carbocycles. The van der Waals surface area contributed by atoms with Crippen LogP contribution in [0.1, 0.15) is 6.92 Å². The normalized spacial score (nSPS) is 24.1. The fourth-order valence-corrected chi connectivity index (χ4v) is 2.46. The van der Waals surface area contributed by atoms with E-state index in [1.54, 1.807) is 13.3 Å². The zero-order valence-corrected chi connectivity index (χ0v) is 12.6. The molecular formula is C11H15BrClN3O2. The molecule has 1 aliphatic heterocycles. The number of ether oxygens (including phenoxy) is 2. The van der Waals surface area contributed by atoms with Crippen molar-refractivity contribution in [1.29, 1.82) is 0 Å². The van der Waals surface area contributed by atoms with Crippen molar-refractivity contribution in [3.05, 3.63) is 10.7 Å². The molecule has 1 aromatic rings. The number of methoxy groups -OCH3 is 1. The molecule has 2 atom stereocenters. The standard InChI is InChI=1S/C11H15BrClN3O2/c1-7-5-16(6-8(3-13)18-7)11-14-4-9(12)10(15-11)17-2/h4,7-8H,3,5-6H2,1-2H3. The van der Waals surface area contributed by atoms with Gasteiger partial charge in [-0.05, 0) is 22.9 Å². The smallest absolute Gasteiger partial charge is 0.232 e. The Morgan fingerprint density at radius 2 is 2.39 bits per heavy atom. The lowest BCUT2D eigenvalue weighted by atomic mass is 10.2. The molecule has 18 heavy (non-hydrogen) atoms. The highest BCUT2D eigenvalue weighted by atomic mass is 79.9. The van der Waals surface area contributed by atoms with Crippen molar-refractivity contribution < 1.29 is 9.47 Å². The Balaban J connectivity index is 2.19. The third kappa shape index (κ3) is 3.05. The lowest BCUT2D eigenvalue weighted by Crippen LogP contribution is -2.48. The van der Waals surface area contributed by atoms with Crippen LogP contribution in [0.15, 0.2) is 10.7 Å². The number of aromatic nitrogens is 2. The molecule has 1 fully saturated rings. The summed E-state index contributed by atoms with van der Waals surface area (Å²) in [7, 11) is 1.58. The lowest BCUT2D eigenvalue weighted by molar-refractivity contribution is -0.00386. The molecule has 0 aromatic carbocycles. The van der Waals surface area contributed by atoms with Gasteiger partial charge in [0.2, 0.25) is 11.8 Å². The van der Waals surface area contributed by atoms with Crippen LogP contribution >= 0.6 is 27.5 Å². The van der Waals surface area contributed by atoms with Crippen LogP contribution in [0.5, 0.6) is 5.88 Å². The number of halogens is 2. The highest BCUT2D eigenvalue weighted by Gasteiger charge is 2.26. The van der Waals surface area contributed by atoms with Gasteiger partial charge in [-0.2, -0.15) is 4.98 Å². The first-order valence-corrected chi connectivity index (χ1v) is 6.99. The van der Waals surface area contributed by atoms with Crippen LogP contribution in [-0.4, -0.2) is 48.3 Å². The predicted molar refractivity (Wildman–Crippen MR) is 73.6 cm³/mol. The Kier molecular flexibility index (Phi) is 4.64. The van der Waals surface area contributed by atoms with Crippen LogP contribution in [0.3, 0.4) is 0 Å². The number of alkyl halides is 1. The molecule has 5 nitrogen and oxygen atoms in total. The second-order valence-corrected chi connectivity index (χ2v) is 5.32. The molecule has 0 N–H and O–H groups in total. The van der Waals surface area contributed by atoms with Gasteiger partial charge >= 0.3 is 0 Å². The topological polar surface area (TPSA) is 47.5 Å². The van der Waals surface area contributed by atoms with Crippen molar-refractivity contribution in [2.24, 2.45) is 0 Å². The third-order valence-corrected chi connectivity index (χ3v) is 3.56. The van der Waals surface area contributed by atoms with Gasteiger partial charge in [-0.15, -0.1) is 11.6 Å². The molecule has 2 heterocycles. The number of hydrogen-bond donors (Lipinski definition) is 0. The van der Waals surface area contributed by atoms with Gasteiger partial charge in [-0.1, -0.05) is 0 Å². The Labute approximate surface area is 120 Å². The molecule has 1 saturated heterocycles. The first-order valence-electron chi connectivity index (χ1n) is 5.67. The maximum Gasteiger partial charge on any atom is 0.232 e. The molecular weight excluding hydrogens is 321 g/mol. The van der Waals surface area contributed by atoms with Crippen molar-refractivity contribution in [2.45, 2.75) is 19.1 Å². The van der Waals surface area contributed by atoms with Gasteiger partial charge in [-0.3, -0.25) is 0 Å². The zero-order chi connectivity index (χ0) is 13.1. The lowest BCUT2D eigenvalue weighted by Gasteiger charge is -2.36. The molecule has 2 rings (SSSR count). The van der Waals surface area contributed by atoms with E-state index in [1.807, 2.05) is 6.92 Å². The van der Waals surface area contributed by atoms with Crippen LogP contribution in [-0.2, 0) is 4.74 Å². The van der Waals surface area contributed by atoms with Gasteiger partial charge in [0.1, 0.15) is 0 Å². The summed E-state index contributed by atoms with van der Waals surface area (Å²) in [5.41, 5.74) is 0. The van der Waals surface area contributed by atoms with Gasteiger partial charge in [-0.25, -0.2) is 4.98 Å². The van der Waals surface area contributed by atoms with Gasteiger partial charge in [0.15, 0.2) is 0 Å². The summed E-state index contributed by atoms with van der Waals surface area (Å²) in [6.07, 6.45) is 1.81. The van der Waals surface area contributed by atoms with Gasteiger partial charge in [0, 0.05) is 13.1 Å². The van der Waals surface area contributed by atoms with E-state index in [4.69, 9.17) is 21.1 Å². The van der Waals surface area contributed by atoms with E-state index in [2.05, 4.69) is 30.8 Å². The summed E-state index contributed by atoms with van der Waals surface area (Å²) in [5.74, 6) is 1.64. The molecule has 0 bridgehead atoms. The van der Waals surface area contributed by atoms with E-state index in [9.17, 15) is 0 Å². The summed E-state index contributed by atoms with van der Waals surface area (Å²) in [6.45, 7) is 3.46. The first kappa shape index (κ1) is 13.8. The molecule has 100 valence electrons. The Morgan fingerprint density at radius 3 is 3.06 bits per heavy atom. The minimum absolute atomic E-state index is 0.00802. The van der Waals surface area contributed by atoms with Crippen LogP contribution < -0.4 is 9.64 Å². The summed E-state index contributed by atoms with van der Waals surface area (Å²) >= 11 is 9.20. The van der Waals surface area contributed by atoms with Crippen LogP contribution in [0, 0.1) is 0 Å². The summed E-state index contributed by atoms with van der Waals surface area (Å²) in [5, 5.41) is 0. The first-order chi connectivity index (χ1) is 8.63. The highest BCUT2D eigenvalue weighted by molar-refractivity contribution is 9.10. The van der Waals surface area contributed by atoms with Crippen molar-refractivity contribution in [1.82, 2.24) is 9.97 Å². The van der Waals surface area contributed by atoms with Gasteiger partial charge in [0.25, 0.3) is 0 Å². The maximum absolute atomic E-state index is 5.86. The number of nitrogens with zero attached hydrogens (tertiary/aromatic N) is 3.